The Labute approximate surface area is 133 Å². The first-order chi connectivity index (χ1) is 9.25. The Morgan fingerprint density at radius 1 is 1.19 bits per heavy atom. The molecular formula is C11H24ClN3O4S2. The molecule has 0 aromatic carbocycles. The van der Waals surface area contributed by atoms with Crippen LogP contribution in [0.4, 0.5) is 0 Å². The third-order valence-electron chi connectivity index (χ3n) is 4.33. The summed E-state index contributed by atoms with van der Waals surface area (Å²) < 4.78 is 50.7. The van der Waals surface area contributed by atoms with Gasteiger partial charge in [-0.1, -0.05) is 0 Å². The van der Waals surface area contributed by atoms with Crippen molar-refractivity contribution in [2.24, 2.45) is 17.6 Å². The average molecular weight is 362 g/mol. The number of hydrogen-bond donors (Lipinski definition) is 2. The van der Waals surface area contributed by atoms with Crippen LogP contribution in [0.2, 0.25) is 0 Å². The van der Waals surface area contributed by atoms with Crippen molar-refractivity contribution >= 4 is 32.5 Å². The lowest BCUT2D eigenvalue weighted by molar-refractivity contribution is 0.427. The van der Waals surface area contributed by atoms with Crippen LogP contribution < -0.4 is 10.5 Å². The number of nitrogens with one attached hydrogen (secondary N) is 1. The first-order valence-corrected chi connectivity index (χ1v) is 10.2. The number of nitrogens with two attached hydrogens (primary N) is 1. The monoisotopic (exact) mass is 361 g/mol. The summed E-state index contributed by atoms with van der Waals surface area (Å²) in [4.78, 5) is 0. The second-order valence-electron chi connectivity index (χ2n) is 5.60. The second-order valence-corrected chi connectivity index (χ2v) is 9.78. The zero-order valence-electron chi connectivity index (χ0n) is 12.1. The number of halogens is 1. The molecule has 0 bridgehead atoms. The van der Waals surface area contributed by atoms with Crippen LogP contribution in [-0.2, 0) is 20.0 Å². The molecule has 1 saturated heterocycles. The van der Waals surface area contributed by atoms with Gasteiger partial charge in [0.25, 0.3) is 0 Å². The highest BCUT2D eigenvalue weighted by Crippen LogP contribution is 2.38. The molecule has 126 valence electrons. The Morgan fingerprint density at radius 3 is 2.43 bits per heavy atom. The van der Waals surface area contributed by atoms with Gasteiger partial charge in [-0.2, -0.15) is 0 Å². The fourth-order valence-electron chi connectivity index (χ4n) is 3.05. The molecule has 2 rings (SSSR count). The van der Waals surface area contributed by atoms with Gasteiger partial charge in [0.05, 0.1) is 11.5 Å². The number of rotatable bonds is 6. The lowest BCUT2D eigenvalue weighted by Gasteiger charge is -2.18. The van der Waals surface area contributed by atoms with Gasteiger partial charge in [0.1, 0.15) is 0 Å². The van der Waals surface area contributed by atoms with Crippen molar-refractivity contribution in [3.8, 4) is 0 Å². The van der Waals surface area contributed by atoms with Gasteiger partial charge in [-0.25, -0.2) is 25.9 Å². The molecule has 7 nitrogen and oxygen atoms in total. The average Bonchev–Trinajstić information content (AvgIpc) is 2.92. The van der Waals surface area contributed by atoms with Crippen LogP contribution in [0.1, 0.15) is 19.8 Å². The highest BCUT2D eigenvalue weighted by Gasteiger charge is 2.44. The molecular weight excluding hydrogens is 338 g/mol. The molecule has 21 heavy (non-hydrogen) atoms. The maximum Gasteiger partial charge on any atom is 0.215 e. The minimum atomic E-state index is -3.41. The summed E-state index contributed by atoms with van der Waals surface area (Å²) in [5, 5.41) is 0. The van der Waals surface area contributed by atoms with E-state index in [4.69, 9.17) is 5.73 Å². The van der Waals surface area contributed by atoms with E-state index in [1.54, 1.807) is 0 Å². The van der Waals surface area contributed by atoms with E-state index in [1.165, 1.54) is 11.2 Å². The predicted molar refractivity (Wildman–Crippen MR) is 84.3 cm³/mol. The molecule has 1 saturated carbocycles. The summed E-state index contributed by atoms with van der Waals surface area (Å²) in [5.74, 6) is 0.389. The summed E-state index contributed by atoms with van der Waals surface area (Å²) in [5.41, 5.74) is 5.99. The van der Waals surface area contributed by atoms with Gasteiger partial charge in [-0.15, -0.1) is 12.4 Å². The molecule has 0 aromatic heterocycles. The number of fused-ring (bicyclic) bond motifs is 1. The fourth-order valence-corrected chi connectivity index (χ4v) is 5.23. The number of hydrogen-bond acceptors (Lipinski definition) is 5. The molecule has 0 spiro atoms. The maximum atomic E-state index is 12.2. The molecule has 1 aliphatic carbocycles. The van der Waals surface area contributed by atoms with Gasteiger partial charge >= 0.3 is 0 Å². The van der Waals surface area contributed by atoms with Crippen molar-refractivity contribution in [2.75, 3.05) is 31.1 Å². The van der Waals surface area contributed by atoms with Crippen LogP contribution in [0.3, 0.4) is 0 Å². The summed E-state index contributed by atoms with van der Waals surface area (Å²) in [7, 11) is -6.75. The zero-order valence-corrected chi connectivity index (χ0v) is 14.5. The molecule has 0 aromatic rings. The molecule has 2 fully saturated rings. The molecule has 3 atom stereocenters. The second kappa shape index (κ2) is 7.10. The van der Waals surface area contributed by atoms with E-state index in [1.807, 2.05) is 0 Å². The molecule has 0 radical (unpaired) electrons. The van der Waals surface area contributed by atoms with Gasteiger partial charge < -0.3 is 5.73 Å². The smallest absolute Gasteiger partial charge is 0.215 e. The van der Waals surface area contributed by atoms with Crippen LogP contribution in [-0.4, -0.2) is 58.3 Å². The quantitative estimate of drug-likeness (QED) is 0.653. The van der Waals surface area contributed by atoms with Crippen molar-refractivity contribution in [3.05, 3.63) is 0 Å². The summed E-state index contributed by atoms with van der Waals surface area (Å²) in [6.45, 7) is 2.45. The van der Waals surface area contributed by atoms with Crippen molar-refractivity contribution < 1.29 is 16.8 Å². The standard InChI is InChI=1S/C11H23N3O4S2.ClH/c1-2-19(15,16)13-5-6-20(17,18)14-7-9-3-4-11(12)10(9)8-14;/h9-11,13H,2-8,12H2,1H3;1H. The normalized spacial score (nSPS) is 30.1. The van der Waals surface area contributed by atoms with Gasteiger partial charge in [0.15, 0.2) is 0 Å². The topological polar surface area (TPSA) is 110 Å². The zero-order chi connectivity index (χ0) is 15.0. The Hall–Kier alpha value is 0.0700. The third kappa shape index (κ3) is 4.52. The Bertz CT molecular complexity index is 552. The van der Waals surface area contributed by atoms with Crippen LogP contribution in [0.5, 0.6) is 0 Å². The van der Waals surface area contributed by atoms with E-state index >= 15 is 0 Å². The minimum absolute atomic E-state index is 0. The van der Waals surface area contributed by atoms with Crippen LogP contribution >= 0.6 is 12.4 Å². The molecule has 10 heteroatoms. The van der Waals surface area contributed by atoms with Crippen LogP contribution in [0.15, 0.2) is 0 Å². The van der Waals surface area contributed by atoms with Crippen molar-refractivity contribution in [1.82, 2.24) is 9.03 Å². The molecule has 3 N–H and O–H groups in total. The fraction of sp³-hybridized carbons (Fsp3) is 1.00. The van der Waals surface area contributed by atoms with E-state index in [-0.39, 0.29) is 42.4 Å². The van der Waals surface area contributed by atoms with E-state index in [0.29, 0.717) is 19.0 Å². The predicted octanol–water partition coefficient (Wildman–Crippen LogP) is -0.654. The highest BCUT2D eigenvalue weighted by atomic mass is 35.5. The van der Waals surface area contributed by atoms with Crippen molar-refractivity contribution in [2.45, 2.75) is 25.8 Å². The number of nitrogens with zero attached hydrogens (tertiary/aromatic N) is 1. The summed E-state index contributed by atoms with van der Waals surface area (Å²) >= 11 is 0. The van der Waals surface area contributed by atoms with Gasteiger partial charge in [0, 0.05) is 25.7 Å². The van der Waals surface area contributed by atoms with E-state index < -0.39 is 20.0 Å². The third-order valence-corrected chi connectivity index (χ3v) is 7.54. The Morgan fingerprint density at radius 2 is 1.86 bits per heavy atom. The Kier molecular flexibility index (Phi) is 6.46. The first-order valence-electron chi connectivity index (χ1n) is 6.96. The minimum Gasteiger partial charge on any atom is -0.327 e. The largest absolute Gasteiger partial charge is 0.327 e. The van der Waals surface area contributed by atoms with Crippen LogP contribution in [0, 0.1) is 11.8 Å². The molecule has 1 aliphatic heterocycles. The summed E-state index contributed by atoms with van der Waals surface area (Å²) in [6, 6.07) is 0.0961. The van der Waals surface area contributed by atoms with Gasteiger partial charge in [-0.05, 0) is 31.6 Å². The molecule has 3 unspecified atom stereocenters. The lowest BCUT2D eigenvalue weighted by atomic mass is 9.98. The highest BCUT2D eigenvalue weighted by molar-refractivity contribution is 7.90. The molecule has 2 aliphatic rings. The molecule has 0 amide bonds. The number of sulfonamides is 2. The van der Waals surface area contributed by atoms with E-state index in [2.05, 4.69) is 4.72 Å². The Balaban J connectivity index is 0.00000220. The summed E-state index contributed by atoms with van der Waals surface area (Å²) in [6.07, 6.45) is 1.96. The van der Waals surface area contributed by atoms with Gasteiger partial charge in [0.2, 0.25) is 20.0 Å². The maximum absolute atomic E-state index is 12.2. The van der Waals surface area contributed by atoms with Crippen molar-refractivity contribution in [3.63, 3.8) is 0 Å². The van der Waals surface area contributed by atoms with Crippen molar-refractivity contribution in [1.29, 1.82) is 0 Å². The van der Waals surface area contributed by atoms with E-state index in [0.717, 1.165) is 12.8 Å². The molecule has 1 heterocycles. The van der Waals surface area contributed by atoms with E-state index in [9.17, 15) is 16.8 Å². The van der Waals surface area contributed by atoms with Crippen LogP contribution in [0.25, 0.3) is 0 Å². The van der Waals surface area contributed by atoms with Gasteiger partial charge in [-0.3, -0.25) is 0 Å². The lowest BCUT2D eigenvalue weighted by Crippen LogP contribution is -2.38. The first kappa shape index (κ1) is 19.1. The SMILES string of the molecule is CCS(=O)(=O)NCCS(=O)(=O)N1CC2CCC(N)C2C1.Cl.